The van der Waals surface area contributed by atoms with Crippen LogP contribution in [-0.2, 0) is 21.1 Å². The fourth-order valence-corrected chi connectivity index (χ4v) is 2.28. The Bertz CT molecular complexity index is 894. The van der Waals surface area contributed by atoms with E-state index in [0.29, 0.717) is 28.3 Å². The summed E-state index contributed by atoms with van der Waals surface area (Å²) in [7, 11) is 0. The van der Waals surface area contributed by atoms with Gasteiger partial charge >= 0.3 is 0 Å². The maximum absolute atomic E-state index is 13.7. The largest absolute Gasteiger partial charge is 0.508 e. The average Bonchev–Trinajstić information content (AvgIpc) is 2.70. The Morgan fingerprint density at radius 1 is 0.704 bits per heavy atom. The van der Waals surface area contributed by atoms with Crippen LogP contribution in [0.2, 0.25) is 0 Å². The number of benzene rings is 2. The van der Waals surface area contributed by atoms with Gasteiger partial charge in [0.05, 0.1) is 5.82 Å². The molecule has 4 aromatic rings. The molecular weight excluding hydrogens is 522 g/mol. The van der Waals surface area contributed by atoms with Crippen LogP contribution in [-0.4, -0.2) is 15.1 Å². The van der Waals surface area contributed by atoms with Crippen LogP contribution >= 0.6 is 0 Å². The second-order valence-electron chi connectivity index (χ2n) is 5.39. The molecule has 5 heteroatoms. The Labute approximate surface area is 171 Å². The van der Waals surface area contributed by atoms with Crippen LogP contribution in [0.1, 0.15) is 0 Å². The molecule has 2 aromatic carbocycles. The molecule has 0 aliphatic heterocycles. The number of rotatable bonds is 2. The van der Waals surface area contributed by atoms with Gasteiger partial charge in [-0.15, -0.1) is 6.07 Å². The van der Waals surface area contributed by atoms with E-state index < -0.39 is 0 Å². The fourth-order valence-electron chi connectivity index (χ4n) is 2.28. The molecule has 0 unspecified atom stereocenters. The van der Waals surface area contributed by atoms with Gasteiger partial charge in [0.1, 0.15) is 5.75 Å². The van der Waals surface area contributed by atoms with Gasteiger partial charge in [-0.05, 0) is 24.3 Å². The Kier molecular flexibility index (Phi) is 7.84. The van der Waals surface area contributed by atoms with Gasteiger partial charge in [-0.25, -0.2) is 4.39 Å². The molecule has 0 spiro atoms. The zero-order valence-electron chi connectivity index (χ0n) is 14.2. The summed E-state index contributed by atoms with van der Waals surface area (Å²) in [5, 5.41) is 8.63. The molecular formula is C22H16FN2OPt-. The van der Waals surface area contributed by atoms with Crippen LogP contribution in [0, 0.1) is 11.9 Å². The third-order valence-electron chi connectivity index (χ3n) is 3.47. The number of para-hydroxylation sites is 1. The standard InChI is InChI=1S/C16H10FN2.C6H6O.Pt/c17-14-10-12(15-5-1-3-7-18-15)9-13(11-14)16-6-2-4-8-19-16;7-6-4-2-1-3-5-6;/h1-8,10-11H;1-5,7H;/q-1;;. The summed E-state index contributed by atoms with van der Waals surface area (Å²) in [6.45, 7) is 0. The van der Waals surface area contributed by atoms with Gasteiger partial charge in [0.25, 0.3) is 0 Å². The maximum Gasteiger partial charge on any atom is 0.115 e. The zero-order valence-corrected chi connectivity index (χ0v) is 16.5. The summed E-state index contributed by atoms with van der Waals surface area (Å²) in [5.41, 5.74) is 2.64. The van der Waals surface area contributed by atoms with E-state index in [1.807, 2.05) is 42.5 Å². The molecule has 2 aromatic heterocycles. The molecule has 27 heavy (non-hydrogen) atoms. The first-order valence-corrected chi connectivity index (χ1v) is 8.02. The number of hydrogen-bond donors (Lipinski definition) is 1. The molecule has 0 saturated heterocycles. The van der Waals surface area contributed by atoms with Gasteiger partial charge in [0, 0.05) is 44.8 Å². The van der Waals surface area contributed by atoms with Crippen LogP contribution in [0.3, 0.4) is 0 Å². The molecule has 0 saturated carbocycles. The van der Waals surface area contributed by atoms with Gasteiger partial charge < -0.3 is 5.11 Å². The van der Waals surface area contributed by atoms with E-state index in [-0.39, 0.29) is 26.9 Å². The van der Waals surface area contributed by atoms with E-state index in [4.69, 9.17) is 5.11 Å². The second-order valence-corrected chi connectivity index (χ2v) is 5.39. The third-order valence-corrected chi connectivity index (χ3v) is 3.47. The maximum atomic E-state index is 13.7. The van der Waals surface area contributed by atoms with Gasteiger partial charge in [0.15, 0.2) is 0 Å². The first kappa shape index (κ1) is 20.5. The molecule has 1 N–H and O–H groups in total. The summed E-state index contributed by atoms with van der Waals surface area (Å²) in [4.78, 5) is 8.41. The normalized spacial score (nSPS) is 9.52. The Balaban J connectivity index is 0.000000278. The topological polar surface area (TPSA) is 46.0 Å². The third kappa shape index (κ3) is 6.12. The van der Waals surface area contributed by atoms with Crippen molar-refractivity contribution >= 4 is 0 Å². The quantitative estimate of drug-likeness (QED) is 0.360. The van der Waals surface area contributed by atoms with Crippen molar-refractivity contribution in [1.29, 1.82) is 0 Å². The van der Waals surface area contributed by atoms with E-state index >= 15 is 0 Å². The van der Waals surface area contributed by atoms with E-state index in [1.54, 1.807) is 36.7 Å². The van der Waals surface area contributed by atoms with Crippen LogP contribution in [0.15, 0.2) is 91.3 Å². The SMILES string of the molecule is Fc1cc(-c2ccccn2)[c-]c(-c2ccccn2)c1.Oc1ccccc1.[Pt]. The monoisotopic (exact) mass is 538 g/mol. The average molecular weight is 538 g/mol. The van der Waals surface area contributed by atoms with Crippen LogP contribution < -0.4 is 0 Å². The van der Waals surface area contributed by atoms with Crippen LogP contribution in [0.25, 0.3) is 22.5 Å². The minimum Gasteiger partial charge on any atom is -0.508 e. The van der Waals surface area contributed by atoms with Gasteiger partial charge in [-0.2, -0.15) is 0 Å². The molecule has 0 radical (unpaired) electrons. The molecule has 2 heterocycles. The van der Waals surface area contributed by atoms with Crippen molar-refractivity contribution in [2.24, 2.45) is 0 Å². The number of phenols is 1. The molecule has 0 aliphatic rings. The minimum absolute atomic E-state index is 0. The predicted octanol–water partition coefficient (Wildman–Crippen LogP) is 5.14. The molecule has 0 aliphatic carbocycles. The summed E-state index contributed by atoms with van der Waals surface area (Å²) >= 11 is 0. The van der Waals surface area contributed by atoms with Crippen molar-refractivity contribution in [1.82, 2.24) is 9.97 Å². The van der Waals surface area contributed by atoms with Crippen molar-refractivity contribution in [2.75, 3.05) is 0 Å². The van der Waals surface area contributed by atoms with Crippen molar-refractivity contribution in [3.63, 3.8) is 0 Å². The Morgan fingerprint density at radius 2 is 1.19 bits per heavy atom. The van der Waals surface area contributed by atoms with Crippen molar-refractivity contribution < 1.29 is 30.6 Å². The second kappa shape index (κ2) is 10.3. The zero-order chi connectivity index (χ0) is 18.2. The Hall–Kier alpha value is -2.84. The number of nitrogens with zero attached hydrogens (tertiary/aromatic N) is 2. The molecule has 4 rings (SSSR count). The summed E-state index contributed by atoms with van der Waals surface area (Å²) < 4.78 is 13.7. The molecule has 3 nitrogen and oxygen atoms in total. The first-order valence-electron chi connectivity index (χ1n) is 8.02. The molecule has 0 fully saturated rings. The molecule has 0 atom stereocenters. The van der Waals surface area contributed by atoms with Crippen molar-refractivity contribution in [3.05, 3.63) is 103 Å². The van der Waals surface area contributed by atoms with Crippen molar-refractivity contribution in [3.8, 4) is 28.3 Å². The number of halogens is 1. The van der Waals surface area contributed by atoms with Crippen molar-refractivity contribution in [2.45, 2.75) is 0 Å². The van der Waals surface area contributed by atoms with Gasteiger partial charge in [-0.1, -0.05) is 65.7 Å². The summed E-state index contributed by atoms with van der Waals surface area (Å²) in [6, 6.07) is 25.7. The number of aromatic nitrogens is 2. The fraction of sp³-hybridized carbons (Fsp3) is 0. The number of phenolic OH excluding ortho intramolecular Hbond substituents is 1. The van der Waals surface area contributed by atoms with Crippen LogP contribution in [0.4, 0.5) is 4.39 Å². The smallest absolute Gasteiger partial charge is 0.115 e. The molecule has 138 valence electrons. The number of pyridine rings is 2. The Morgan fingerprint density at radius 3 is 1.56 bits per heavy atom. The molecule has 0 amide bonds. The van der Waals surface area contributed by atoms with Crippen LogP contribution in [0.5, 0.6) is 5.75 Å². The predicted molar refractivity (Wildman–Crippen MR) is 99.8 cm³/mol. The number of aromatic hydroxyl groups is 1. The summed E-state index contributed by atoms with van der Waals surface area (Å²) in [5.74, 6) is 0.00237. The summed E-state index contributed by atoms with van der Waals surface area (Å²) in [6.07, 6.45) is 3.35. The van der Waals surface area contributed by atoms with E-state index in [9.17, 15) is 4.39 Å². The van der Waals surface area contributed by atoms with E-state index in [0.717, 1.165) is 0 Å². The van der Waals surface area contributed by atoms with E-state index in [2.05, 4.69) is 16.0 Å². The van der Waals surface area contributed by atoms with Gasteiger partial charge in [-0.3, -0.25) is 9.97 Å². The number of hydrogen-bond acceptors (Lipinski definition) is 3. The molecule has 0 bridgehead atoms. The van der Waals surface area contributed by atoms with Gasteiger partial charge in [0.2, 0.25) is 0 Å². The first-order chi connectivity index (χ1) is 12.7. The minimum atomic E-state index is -0.319. The van der Waals surface area contributed by atoms with E-state index in [1.165, 1.54) is 12.1 Å².